The molecule has 0 radical (unpaired) electrons. The van der Waals surface area contributed by atoms with Crippen molar-refractivity contribution in [2.75, 3.05) is 0 Å². The number of rotatable bonds is 6. The van der Waals surface area contributed by atoms with Crippen LogP contribution in [0.1, 0.15) is 50.4 Å². The quantitative estimate of drug-likeness (QED) is 0.738. The number of furan rings is 2. The Morgan fingerprint density at radius 2 is 1.41 bits per heavy atom. The van der Waals surface area contributed by atoms with E-state index in [0.717, 1.165) is 24.4 Å². The van der Waals surface area contributed by atoms with Crippen molar-refractivity contribution in [1.82, 2.24) is 0 Å². The summed E-state index contributed by atoms with van der Waals surface area (Å²) in [5.41, 5.74) is 0. The molecule has 2 aromatic rings. The van der Waals surface area contributed by atoms with E-state index in [2.05, 4.69) is 13.8 Å². The van der Waals surface area contributed by atoms with Crippen LogP contribution in [-0.4, -0.2) is 0 Å². The summed E-state index contributed by atoms with van der Waals surface area (Å²) in [6, 6.07) is 7.66. The van der Waals surface area contributed by atoms with Gasteiger partial charge in [0.05, 0.1) is 12.5 Å². The molecule has 0 fully saturated rings. The zero-order valence-corrected chi connectivity index (χ0v) is 10.3. The Kier molecular flexibility index (Phi) is 4.04. The molecule has 3 nitrogen and oxygen atoms in total. The fraction of sp³-hybridized carbons (Fsp3) is 0.429. The minimum atomic E-state index is -0.0138. The minimum absolute atomic E-state index is 0.0138. The van der Waals surface area contributed by atoms with Gasteiger partial charge < -0.3 is 13.6 Å². The van der Waals surface area contributed by atoms with Gasteiger partial charge in [-0.2, -0.15) is 0 Å². The van der Waals surface area contributed by atoms with Crippen molar-refractivity contribution in [1.29, 1.82) is 0 Å². The van der Waals surface area contributed by atoms with E-state index in [1.54, 1.807) is 12.5 Å². The Hall–Kier alpha value is -1.48. The molecule has 0 aromatic carbocycles. The Morgan fingerprint density at radius 3 is 1.71 bits per heavy atom. The molecule has 0 saturated carbocycles. The van der Waals surface area contributed by atoms with Gasteiger partial charge in [-0.05, 0) is 37.1 Å². The van der Waals surface area contributed by atoms with Gasteiger partial charge in [0.25, 0.3) is 0 Å². The van der Waals surface area contributed by atoms with E-state index in [1.165, 1.54) is 0 Å². The first kappa shape index (κ1) is 12.0. The Balaban J connectivity index is 2.07. The van der Waals surface area contributed by atoms with Crippen molar-refractivity contribution in [3.8, 4) is 0 Å². The number of hydrogen-bond acceptors (Lipinski definition) is 3. The molecule has 2 aromatic heterocycles. The predicted molar refractivity (Wildman–Crippen MR) is 64.6 cm³/mol. The first-order valence-electron chi connectivity index (χ1n) is 6.07. The molecule has 2 heterocycles. The molecule has 0 N–H and O–H groups in total. The predicted octanol–water partition coefficient (Wildman–Crippen LogP) is 4.49. The summed E-state index contributed by atoms with van der Waals surface area (Å²) in [5, 5.41) is 0. The highest BCUT2D eigenvalue weighted by molar-refractivity contribution is 5.05. The molecule has 2 unspecified atom stereocenters. The van der Waals surface area contributed by atoms with E-state index in [9.17, 15) is 0 Å². The molecule has 17 heavy (non-hydrogen) atoms. The lowest BCUT2D eigenvalue weighted by atomic mass is 10.1. The molecule has 3 heteroatoms. The van der Waals surface area contributed by atoms with Crippen molar-refractivity contribution < 1.29 is 13.6 Å². The highest BCUT2D eigenvalue weighted by Crippen LogP contribution is 2.31. The summed E-state index contributed by atoms with van der Waals surface area (Å²) in [6.45, 7) is 4.17. The van der Waals surface area contributed by atoms with Gasteiger partial charge in [0, 0.05) is 0 Å². The summed E-state index contributed by atoms with van der Waals surface area (Å²) in [5.74, 6) is 1.75. The van der Waals surface area contributed by atoms with Crippen LogP contribution in [0.3, 0.4) is 0 Å². The van der Waals surface area contributed by atoms with Crippen molar-refractivity contribution >= 4 is 0 Å². The largest absolute Gasteiger partial charge is 0.467 e. The second kappa shape index (κ2) is 5.73. The smallest absolute Gasteiger partial charge is 0.132 e. The molecule has 0 aliphatic carbocycles. The summed E-state index contributed by atoms with van der Waals surface area (Å²) in [4.78, 5) is 0. The molecule has 0 bridgehead atoms. The third-order valence-electron chi connectivity index (χ3n) is 2.79. The maximum Gasteiger partial charge on any atom is 0.132 e. The van der Waals surface area contributed by atoms with E-state index in [1.807, 2.05) is 24.3 Å². The van der Waals surface area contributed by atoms with E-state index in [4.69, 9.17) is 13.6 Å². The van der Waals surface area contributed by atoms with Crippen LogP contribution in [0.15, 0.2) is 45.6 Å². The first-order valence-corrected chi connectivity index (χ1v) is 6.07. The van der Waals surface area contributed by atoms with E-state index in [-0.39, 0.29) is 12.2 Å². The Bertz CT molecular complexity index is 362. The van der Waals surface area contributed by atoms with Crippen molar-refractivity contribution in [2.45, 2.75) is 38.9 Å². The number of hydrogen-bond donors (Lipinski definition) is 0. The third kappa shape index (κ3) is 2.80. The molecule has 2 atom stereocenters. The topological polar surface area (TPSA) is 35.5 Å². The molecule has 0 amide bonds. The molecular formula is C14H18O3. The molecule has 0 aliphatic rings. The van der Waals surface area contributed by atoms with Crippen LogP contribution in [0.5, 0.6) is 0 Å². The second-order valence-electron chi connectivity index (χ2n) is 3.96. The van der Waals surface area contributed by atoms with Gasteiger partial charge in [0.2, 0.25) is 0 Å². The van der Waals surface area contributed by atoms with E-state index < -0.39 is 0 Å². The van der Waals surface area contributed by atoms with Crippen LogP contribution in [0.4, 0.5) is 0 Å². The van der Waals surface area contributed by atoms with E-state index >= 15 is 0 Å². The van der Waals surface area contributed by atoms with Crippen molar-refractivity contribution in [3.05, 3.63) is 48.3 Å². The monoisotopic (exact) mass is 234 g/mol. The van der Waals surface area contributed by atoms with Crippen molar-refractivity contribution in [2.24, 2.45) is 0 Å². The molecular weight excluding hydrogens is 216 g/mol. The van der Waals surface area contributed by atoms with Crippen LogP contribution < -0.4 is 0 Å². The van der Waals surface area contributed by atoms with Crippen molar-refractivity contribution in [3.63, 3.8) is 0 Å². The standard InChI is InChI=1S/C14H18O3/c1-3-11(13-7-5-9-15-13)17-12(4-2)14-8-6-10-16-14/h5-12H,3-4H2,1-2H3. The highest BCUT2D eigenvalue weighted by Gasteiger charge is 2.20. The van der Waals surface area contributed by atoms with Crippen LogP contribution in [0.25, 0.3) is 0 Å². The van der Waals surface area contributed by atoms with Gasteiger partial charge in [0.1, 0.15) is 23.7 Å². The van der Waals surface area contributed by atoms with Crippen LogP contribution in [0.2, 0.25) is 0 Å². The summed E-state index contributed by atoms with van der Waals surface area (Å²) >= 11 is 0. The fourth-order valence-corrected chi connectivity index (χ4v) is 1.88. The van der Waals surface area contributed by atoms with Gasteiger partial charge in [-0.1, -0.05) is 13.8 Å². The molecule has 2 rings (SSSR count). The zero-order valence-electron chi connectivity index (χ0n) is 10.3. The van der Waals surface area contributed by atoms with Crippen LogP contribution in [0, 0.1) is 0 Å². The maximum atomic E-state index is 6.05. The average Bonchev–Trinajstić information content (AvgIpc) is 3.03. The molecule has 0 saturated heterocycles. The van der Waals surface area contributed by atoms with Gasteiger partial charge in [0.15, 0.2) is 0 Å². The maximum absolute atomic E-state index is 6.05. The highest BCUT2D eigenvalue weighted by atomic mass is 16.5. The minimum Gasteiger partial charge on any atom is -0.467 e. The van der Waals surface area contributed by atoms with Gasteiger partial charge in [-0.15, -0.1) is 0 Å². The Morgan fingerprint density at radius 1 is 0.941 bits per heavy atom. The van der Waals surface area contributed by atoms with Gasteiger partial charge >= 0.3 is 0 Å². The van der Waals surface area contributed by atoms with Gasteiger partial charge in [-0.25, -0.2) is 0 Å². The normalized spacial score (nSPS) is 14.7. The molecule has 0 spiro atoms. The van der Waals surface area contributed by atoms with E-state index in [0.29, 0.717) is 0 Å². The Labute approximate surface area is 101 Å². The summed E-state index contributed by atoms with van der Waals surface area (Å²) in [7, 11) is 0. The SMILES string of the molecule is CCC(OC(CC)c1ccco1)c1ccco1. The first-order chi connectivity index (χ1) is 8.35. The van der Waals surface area contributed by atoms with Crippen LogP contribution in [-0.2, 0) is 4.74 Å². The number of ether oxygens (including phenoxy) is 1. The lowest BCUT2D eigenvalue weighted by Gasteiger charge is -2.20. The molecule has 92 valence electrons. The lowest BCUT2D eigenvalue weighted by Crippen LogP contribution is -2.08. The fourth-order valence-electron chi connectivity index (χ4n) is 1.88. The van der Waals surface area contributed by atoms with Crippen LogP contribution >= 0.6 is 0 Å². The summed E-state index contributed by atoms with van der Waals surface area (Å²) < 4.78 is 16.8. The third-order valence-corrected chi connectivity index (χ3v) is 2.79. The zero-order chi connectivity index (χ0) is 12.1. The van der Waals surface area contributed by atoms with Gasteiger partial charge in [-0.3, -0.25) is 0 Å². The second-order valence-corrected chi connectivity index (χ2v) is 3.96. The molecule has 0 aliphatic heterocycles. The average molecular weight is 234 g/mol. The summed E-state index contributed by atoms with van der Waals surface area (Å²) in [6.07, 6.45) is 5.08. The lowest BCUT2D eigenvalue weighted by molar-refractivity contribution is -0.0395.